The molecule has 0 amide bonds. The number of nitrogens with one attached hydrogen (secondary N) is 1. The summed E-state index contributed by atoms with van der Waals surface area (Å²) in [4.78, 5) is 1.04. The molecule has 0 fully saturated rings. The van der Waals surface area contributed by atoms with Crippen molar-refractivity contribution in [1.82, 2.24) is 5.32 Å². The minimum absolute atomic E-state index is 0.315. The van der Waals surface area contributed by atoms with Crippen LogP contribution in [0.25, 0.3) is 0 Å². The fourth-order valence-electron chi connectivity index (χ4n) is 1.88. The fourth-order valence-corrected chi connectivity index (χ4v) is 3.41. The van der Waals surface area contributed by atoms with Gasteiger partial charge in [-0.15, -0.1) is 11.3 Å². The summed E-state index contributed by atoms with van der Waals surface area (Å²) in [5.41, 5.74) is 0. The molecule has 1 aromatic heterocycles. The molecule has 98 valence electrons. The first-order valence-corrected chi connectivity index (χ1v) is 8.25. The van der Waals surface area contributed by atoms with E-state index in [2.05, 4.69) is 25.4 Å². The summed E-state index contributed by atoms with van der Waals surface area (Å²) >= 11 is 3.54. The highest BCUT2D eigenvalue weighted by atomic mass is 32.2. The number of hydrogen-bond acceptors (Lipinski definition) is 4. The molecule has 4 heteroatoms. The van der Waals surface area contributed by atoms with E-state index in [1.54, 1.807) is 11.3 Å². The Morgan fingerprint density at radius 1 is 1.47 bits per heavy atom. The van der Waals surface area contributed by atoms with Crippen LogP contribution in [-0.2, 0) is 0 Å². The van der Waals surface area contributed by atoms with Crippen LogP contribution in [0.5, 0.6) is 0 Å². The van der Waals surface area contributed by atoms with Crippen LogP contribution in [0.15, 0.2) is 17.5 Å². The minimum atomic E-state index is -0.372. The Balaban J connectivity index is 2.36. The lowest BCUT2D eigenvalue weighted by Crippen LogP contribution is -2.38. The Hall–Kier alpha value is -0.0300. The normalized spacial score (nSPS) is 13.9. The van der Waals surface area contributed by atoms with Gasteiger partial charge in [-0.25, -0.2) is 0 Å². The molecule has 1 heterocycles. The van der Waals surface area contributed by atoms with E-state index in [1.807, 2.05) is 29.3 Å². The maximum absolute atomic E-state index is 9.97. The van der Waals surface area contributed by atoms with Crippen LogP contribution in [0.1, 0.15) is 37.7 Å². The van der Waals surface area contributed by atoms with Gasteiger partial charge in [0.1, 0.15) is 6.10 Å². The summed E-state index contributed by atoms with van der Waals surface area (Å²) in [6.45, 7) is 6.07. The van der Waals surface area contributed by atoms with Crippen molar-refractivity contribution in [2.75, 3.05) is 19.3 Å². The van der Waals surface area contributed by atoms with Crippen LogP contribution >= 0.6 is 23.1 Å². The smallest absolute Gasteiger partial charge is 0.101 e. The third kappa shape index (κ3) is 4.28. The van der Waals surface area contributed by atoms with E-state index in [0.29, 0.717) is 11.3 Å². The molecule has 0 saturated heterocycles. The molecule has 0 aromatic carbocycles. The quantitative estimate of drug-likeness (QED) is 0.762. The first kappa shape index (κ1) is 15.0. The molecule has 0 radical (unpaired) electrons. The molecule has 0 spiro atoms. The van der Waals surface area contributed by atoms with Crippen molar-refractivity contribution in [2.24, 2.45) is 0 Å². The lowest BCUT2D eigenvalue weighted by Gasteiger charge is -2.30. The third-order valence-corrected chi connectivity index (χ3v) is 5.94. The van der Waals surface area contributed by atoms with E-state index >= 15 is 0 Å². The van der Waals surface area contributed by atoms with Crippen molar-refractivity contribution in [3.8, 4) is 0 Å². The highest BCUT2D eigenvalue weighted by Crippen LogP contribution is 2.29. The zero-order valence-electron chi connectivity index (χ0n) is 10.9. The number of thioether (sulfide) groups is 1. The van der Waals surface area contributed by atoms with Gasteiger partial charge in [-0.1, -0.05) is 19.9 Å². The van der Waals surface area contributed by atoms with Gasteiger partial charge >= 0.3 is 0 Å². The Morgan fingerprint density at radius 2 is 2.18 bits per heavy atom. The van der Waals surface area contributed by atoms with E-state index in [9.17, 15) is 5.11 Å². The second-order valence-corrected chi connectivity index (χ2v) is 6.51. The lowest BCUT2D eigenvalue weighted by atomic mass is 10.0. The molecule has 0 aliphatic heterocycles. The van der Waals surface area contributed by atoms with Crippen molar-refractivity contribution in [3.63, 3.8) is 0 Å². The average Bonchev–Trinajstić information content (AvgIpc) is 2.89. The van der Waals surface area contributed by atoms with Crippen molar-refractivity contribution in [2.45, 2.75) is 37.5 Å². The molecule has 0 aliphatic rings. The van der Waals surface area contributed by atoms with Crippen molar-refractivity contribution in [3.05, 3.63) is 22.4 Å². The second kappa shape index (κ2) is 7.41. The first-order chi connectivity index (χ1) is 8.17. The topological polar surface area (TPSA) is 32.3 Å². The highest BCUT2D eigenvalue weighted by Gasteiger charge is 2.24. The van der Waals surface area contributed by atoms with E-state index < -0.39 is 0 Å². The molecule has 0 saturated carbocycles. The van der Waals surface area contributed by atoms with Gasteiger partial charge in [0.15, 0.2) is 0 Å². The number of aliphatic hydroxyl groups excluding tert-OH is 1. The SMILES string of the molecule is CCC(CC)(CNCC(O)c1cccs1)SC. The summed E-state index contributed by atoms with van der Waals surface area (Å²) in [6.07, 6.45) is 4.12. The Bertz CT molecular complexity index is 288. The summed E-state index contributed by atoms with van der Waals surface area (Å²) in [5.74, 6) is 0. The van der Waals surface area contributed by atoms with Crippen LogP contribution in [0.2, 0.25) is 0 Å². The van der Waals surface area contributed by atoms with Gasteiger partial charge in [0.05, 0.1) is 0 Å². The molecule has 2 N–H and O–H groups in total. The van der Waals surface area contributed by atoms with Gasteiger partial charge in [0, 0.05) is 22.7 Å². The van der Waals surface area contributed by atoms with Gasteiger partial charge in [-0.3, -0.25) is 0 Å². The number of rotatable bonds is 8. The molecule has 0 aliphatic carbocycles. The number of hydrogen-bond donors (Lipinski definition) is 2. The largest absolute Gasteiger partial charge is 0.386 e. The Morgan fingerprint density at radius 3 is 2.65 bits per heavy atom. The Labute approximate surface area is 113 Å². The van der Waals surface area contributed by atoms with Gasteiger partial charge in [0.25, 0.3) is 0 Å². The van der Waals surface area contributed by atoms with Gasteiger partial charge in [-0.2, -0.15) is 11.8 Å². The van der Waals surface area contributed by atoms with Crippen LogP contribution in [-0.4, -0.2) is 29.2 Å². The average molecular weight is 273 g/mol. The maximum atomic E-state index is 9.97. The number of aliphatic hydroxyl groups is 1. The predicted octanol–water partition coefficient (Wildman–Crippen LogP) is 3.29. The van der Waals surface area contributed by atoms with Crippen LogP contribution < -0.4 is 5.32 Å². The monoisotopic (exact) mass is 273 g/mol. The summed E-state index contributed by atoms with van der Waals surface area (Å²) < 4.78 is 0.315. The Kier molecular flexibility index (Phi) is 6.55. The molecule has 2 nitrogen and oxygen atoms in total. The van der Waals surface area contributed by atoms with Crippen LogP contribution in [0, 0.1) is 0 Å². The molecular weight excluding hydrogens is 250 g/mol. The van der Waals surface area contributed by atoms with Gasteiger partial charge in [-0.05, 0) is 30.5 Å². The molecule has 1 unspecified atom stereocenters. The van der Waals surface area contributed by atoms with Gasteiger partial charge < -0.3 is 10.4 Å². The van der Waals surface area contributed by atoms with E-state index in [1.165, 1.54) is 0 Å². The molecule has 17 heavy (non-hydrogen) atoms. The molecule has 1 aromatic rings. The zero-order valence-corrected chi connectivity index (χ0v) is 12.5. The molecular formula is C13H23NOS2. The van der Waals surface area contributed by atoms with E-state index in [-0.39, 0.29) is 6.10 Å². The molecule has 1 rings (SSSR count). The zero-order chi connectivity index (χ0) is 12.7. The summed E-state index contributed by atoms with van der Waals surface area (Å²) in [5, 5.41) is 15.4. The van der Waals surface area contributed by atoms with Crippen molar-refractivity contribution >= 4 is 23.1 Å². The second-order valence-electron chi connectivity index (χ2n) is 4.26. The number of thiophene rings is 1. The van der Waals surface area contributed by atoms with Gasteiger partial charge in [0.2, 0.25) is 0 Å². The first-order valence-electron chi connectivity index (χ1n) is 6.14. The fraction of sp³-hybridized carbons (Fsp3) is 0.692. The van der Waals surface area contributed by atoms with Crippen LogP contribution in [0.3, 0.4) is 0 Å². The summed E-state index contributed by atoms with van der Waals surface area (Å²) in [7, 11) is 0. The molecule has 0 bridgehead atoms. The molecule has 1 atom stereocenters. The van der Waals surface area contributed by atoms with E-state index in [0.717, 1.165) is 24.3 Å². The summed E-state index contributed by atoms with van der Waals surface area (Å²) in [6, 6.07) is 3.96. The third-order valence-electron chi connectivity index (χ3n) is 3.38. The van der Waals surface area contributed by atoms with Crippen LogP contribution in [0.4, 0.5) is 0 Å². The van der Waals surface area contributed by atoms with Crippen molar-refractivity contribution in [1.29, 1.82) is 0 Å². The van der Waals surface area contributed by atoms with Crippen molar-refractivity contribution < 1.29 is 5.11 Å². The maximum Gasteiger partial charge on any atom is 0.101 e. The highest BCUT2D eigenvalue weighted by molar-refractivity contribution is 8.00. The standard InChI is InChI=1S/C13H23NOS2/c1-4-13(5-2,16-3)10-14-9-11(15)12-7-6-8-17-12/h6-8,11,14-15H,4-5,9-10H2,1-3H3. The lowest BCUT2D eigenvalue weighted by molar-refractivity contribution is 0.177. The minimum Gasteiger partial charge on any atom is -0.386 e. The predicted molar refractivity (Wildman–Crippen MR) is 79.0 cm³/mol. The van der Waals surface area contributed by atoms with E-state index in [4.69, 9.17) is 0 Å².